The van der Waals surface area contributed by atoms with Gasteiger partial charge in [0, 0.05) is 43.5 Å². The standard InChI is InChI=1S/C18H20N4O4/c1-18(2,3)21-10-13-14(16(23)20(5)17(24)19(13)4)15(21)11-7-6-8-12(9-11)22(25)26/h6-10H,1-5H3. The van der Waals surface area contributed by atoms with Gasteiger partial charge in [-0.1, -0.05) is 12.1 Å². The molecule has 1 aromatic carbocycles. The second kappa shape index (κ2) is 5.69. The Hall–Kier alpha value is -3.16. The molecule has 0 N–H and O–H groups in total. The number of fused-ring (bicyclic) bond motifs is 1. The smallest absolute Gasteiger partial charge is 0.330 e. The van der Waals surface area contributed by atoms with Crippen molar-refractivity contribution < 1.29 is 4.92 Å². The maximum absolute atomic E-state index is 12.9. The molecule has 0 amide bonds. The average Bonchev–Trinajstić information content (AvgIpc) is 2.99. The van der Waals surface area contributed by atoms with Gasteiger partial charge in [0.15, 0.2) is 0 Å². The van der Waals surface area contributed by atoms with Crippen LogP contribution in [0, 0.1) is 10.1 Å². The third-order valence-electron chi connectivity index (χ3n) is 4.49. The van der Waals surface area contributed by atoms with Gasteiger partial charge in [0.05, 0.1) is 21.5 Å². The topological polar surface area (TPSA) is 92.1 Å². The zero-order chi connectivity index (χ0) is 19.4. The van der Waals surface area contributed by atoms with Crippen LogP contribution >= 0.6 is 0 Å². The summed E-state index contributed by atoms with van der Waals surface area (Å²) in [5.41, 5.74) is 0.313. The van der Waals surface area contributed by atoms with E-state index < -0.39 is 21.7 Å². The Bertz CT molecular complexity index is 1160. The van der Waals surface area contributed by atoms with Crippen molar-refractivity contribution in [3.05, 3.63) is 61.4 Å². The van der Waals surface area contributed by atoms with Crippen LogP contribution in [0.4, 0.5) is 5.69 Å². The Morgan fingerprint density at radius 1 is 1.08 bits per heavy atom. The van der Waals surface area contributed by atoms with E-state index in [1.807, 2.05) is 25.3 Å². The summed E-state index contributed by atoms with van der Waals surface area (Å²) in [4.78, 5) is 35.8. The Kier molecular flexibility index (Phi) is 3.86. The average molecular weight is 356 g/mol. The molecule has 8 heteroatoms. The van der Waals surface area contributed by atoms with E-state index in [9.17, 15) is 19.7 Å². The second-order valence-electron chi connectivity index (χ2n) is 7.29. The molecular formula is C18H20N4O4. The number of nitro benzene ring substituents is 1. The van der Waals surface area contributed by atoms with Crippen molar-refractivity contribution in [3.8, 4) is 11.3 Å². The van der Waals surface area contributed by atoms with Crippen molar-refractivity contribution in [3.63, 3.8) is 0 Å². The molecule has 3 aromatic rings. The Morgan fingerprint density at radius 3 is 2.31 bits per heavy atom. The molecule has 0 atom stereocenters. The van der Waals surface area contributed by atoms with E-state index >= 15 is 0 Å². The first-order valence-electron chi connectivity index (χ1n) is 8.10. The predicted octanol–water partition coefficient (Wildman–Crippen LogP) is 2.37. The van der Waals surface area contributed by atoms with Gasteiger partial charge >= 0.3 is 5.69 Å². The molecule has 2 heterocycles. The quantitative estimate of drug-likeness (QED) is 0.520. The minimum absolute atomic E-state index is 0.0565. The maximum Gasteiger partial charge on any atom is 0.330 e. The van der Waals surface area contributed by atoms with Gasteiger partial charge in [-0.3, -0.25) is 24.0 Å². The predicted molar refractivity (Wildman–Crippen MR) is 99.5 cm³/mol. The molecule has 0 saturated heterocycles. The first-order chi connectivity index (χ1) is 12.0. The molecular weight excluding hydrogens is 336 g/mol. The fraction of sp³-hybridized carbons (Fsp3) is 0.333. The molecule has 0 spiro atoms. The van der Waals surface area contributed by atoms with E-state index in [0.29, 0.717) is 22.2 Å². The lowest BCUT2D eigenvalue weighted by Crippen LogP contribution is -2.36. The Morgan fingerprint density at radius 2 is 1.73 bits per heavy atom. The van der Waals surface area contributed by atoms with Crippen molar-refractivity contribution in [2.24, 2.45) is 14.1 Å². The highest BCUT2D eigenvalue weighted by molar-refractivity contribution is 5.94. The SMILES string of the molecule is Cn1c(=O)c2c(-c3cccc([N+](=O)[O-])c3)n(C(C)(C)C)cc2n(C)c1=O. The Labute approximate surface area is 149 Å². The first-order valence-corrected chi connectivity index (χ1v) is 8.10. The Balaban J connectivity index is 2.55. The van der Waals surface area contributed by atoms with Crippen LogP contribution in [0.15, 0.2) is 40.1 Å². The summed E-state index contributed by atoms with van der Waals surface area (Å²) < 4.78 is 4.35. The minimum atomic E-state index is -0.468. The molecule has 136 valence electrons. The number of aromatic nitrogens is 3. The normalized spacial score (nSPS) is 11.9. The molecule has 8 nitrogen and oxygen atoms in total. The zero-order valence-corrected chi connectivity index (χ0v) is 15.3. The largest absolute Gasteiger partial charge is 0.339 e. The van der Waals surface area contributed by atoms with Crippen LogP contribution in [0.1, 0.15) is 20.8 Å². The molecule has 3 rings (SSSR count). The molecule has 0 fully saturated rings. The lowest BCUT2D eigenvalue weighted by molar-refractivity contribution is -0.384. The number of nitro groups is 1. The van der Waals surface area contributed by atoms with E-state index in [1.165, 1.54) is 23.7 Å². The second-order valence-corrected chi connectivity index (χ2v) is 7.29. The van der Waals surface area contributed by atoms with Crippen LogP contribution in [0.25, 0.3) is 22.2 Å². The van der Waals surface area contributed by atoms with Crippen molar-refractivity contribution in [1.82, 2.24) is 13.7 Å². The number of non-ortho nitro benzene ring substituents is 1. The van der Waals surface area contributed by atoms with Crippen LogP contribution in [0.5, 0.6) is 0 Å². The van der Waals surface area contributed by atoms with Gasteiger partial charge in [-0.05, 0) is 20.8 Å². The summed E-state index contributed by atoms with van der Waals surface area (Å²) in [6, 6.07) is 6.17. The summed E-state index contributed by atoms with van der Waals surface area (Å²) in [5.74, 6) is 0. The first kappa shape index (κ1) is 17.7. The van der Waals surface area contributed by atoms with Gasteiger partial charge in [-0.2, -0.15) is 0 Å². The van der Waals surface area contributed by atoms with Crippen LogP contribution in [-0.2, 0) is 19.6 Å². The van der Waals surface area contributed by atoms with Crippen LogP contribution in [-0.4, -0.2) is 18.6 Å². The highest BCUT2D eigenvalue weighted by Gasteiger charge is 2.25. The van der Waals surface area contributed by atoms with Crippen molar-refractivity contribution in [2.45, 2.75) is 26.3 Å². The highest BCUT2D eigenvalue weighted by Crippen LogP contribution is 2.34. The number of hydrogen-bond acceptors (Lipinski definition) is 4. The van der Waals surface area contributed by atoms with Crippen molar-refractivity contribution >= 4 is 16.6 Å². The number of rotatable bonds is 2. The van der Waals surface area contributed by atoms with E-state index in [1.54, 1.807) is 25.4 Å². The van der Waals surface area contributed by atoms with Gasteiger partial charge in [-0.15, -0.1) is 0 Å². The van der Waals surface area contributed by atoms with Gasteiger partial charge in [-0.25, -0.2) is 4.79 Å². The molecule has 0 unspecified atom stereocenters. The molecule has 0 aliphatic rings. The fourth-order valence-electron chi connectivity index (χ4n) is 3.12. The van der Waals surface area contributed by atoms with Crippen molar-refractivity contribution in [1.29, 1.82) is 0 Å². The van der Waals surface area contributed by atoms with Crippen LogP contribution in [0.2, 0.25) is 0 Å². The maximum atomic E-state index is 12.9. The molecule has 0 bridgehead atoms. The molecule has 2 aromatic heterocycles. The lowest BCUT2D eigenvalue weighted by atomic mass is 10.0. The minimum Gasteiger partial charge on any atom is -0.339 e. The summed E-state index contributed by atoms with van der Waals surface area (Å²) in [7, 11) is 3.03. The number of aryl methyl sites for hydroxylation is 1. The zero-order valence-electron chi connectivity index (χ0n) is 15.3. The third kappa shape index (κ3) is 2.54. The van der Waals surface area contributed by atoms with E-state index in [-0.39, 0.29) is 5.69 Å². The lowest BCUT2D eigenvalue weighted by Gasteiger charge is -2.24. The molecule has 0 radical (unpaired) electrons. The summed E-state index contributed by atoms with van der Waals surface area (Å²) in [6.07, 6.45) is 1.76. The highest BCUT2D eigenvalue weighted by atomic mass is 16.6. The molecule has 0 aliphatic carbocycles. The van der Waals surface area contributed by atoms with Crippen molar-refractivity contribution in [2.75, 3.05) is 0 Å². The van der Waals surface area contributed by atoms with Crippen LogP contribution < -0.4 is 11.2 Å². The molecule has 0 aliphatic heterocycles. The van der Waals surface area contributed by atoms with Gasteiger partial charge < -0.3 is 4.57 Å². The fourth-order valence-corrected chi connectivity index (χ4v) is 3.12. The van der Waals surface area contributed by atoms with Gasteiger partial charge in [0.25, 0.3) is 11.2 Å². The van der Waals surface area contributed by atoms with Crippen LogP contribution in [0.3, 0.4) is 0 Å². The monoisotopic (exact) mass is 356 g/mol. The molecule has 0 saturated carbocycles. The summed E-state index contributed by atoms with van der Waals surface area (Å²) in [6.45, 7) is 5.90. The summed E-state index contributed by atoms with van der Waals surface area (Å²) >= 11 is 0. The van der Waals surface area contributed by atoms with E-state index in [0.717, 1.165) is 4.57 Å². The number of nitrogens with zero attached hydrogens (tertiary/aromatic N) is 4. The van der Waals surface area contributed by atoms with Gasteiger partial charge in [0.1, 0.15) is 0 Å². The van der Waals surface area contributed by atoms with E-state index in [2.05, 4.69) is 0 Å². The van der Waals surface area contributed by atoms with Gasteiger partial charge in [0.2, 0.25) is 0 Å². The van der Waals surface area contributed by atoms with E-state index in [4.69, 9.17) is 0 Å². The summed E-state index contributed by atoms with van der Waals surface area (Å²) in [5, 5.41) is 11.5. The molecule has 26 heavy (non-hydrogen) atoms. The third-order valence-corrected chi connectivity index (χ3v) is 4.49. The number of benzene rings is 1. The number of hydrogen-bond donors (Lipinski definition) is 0.